The molecule has 0 saturated carbocycles. The van der Waals surface area contributed by atoms with Gasteiger partial charge < -0.3 is 21.3 Å². The van der Waals surface area contributed by atoms with Crippen molar-refractivity contribution in [2.24, 2.45) is 0 Å². The van der Waals surface area contributed by atoms with Crippen molar-refractivity contribution in [1.82, 2.24) is 10.6 Å². The Bertz CT molecular complexity index is 749. The Kier molecular flexibility index (Phi) is 6.36. The molecule has 0 aliphatic carbocycles. The quantitative estimate of drug-likeness (QED) is 0.482. The molecule has 0 aliphatic heterocycles. The minimum atomic E-state index is -0.932. The highest BCUT2D eigenvalue weighted by molar-refractivity contribution is 5.90. The fraction of sp³-hybridized carbons (Fsp3) is 0.125. The molecule has 0 spiro atoms. The summed E-state index contributed by atoms with van der Waals surface area (Å²) in [6.45, 7) is -0.0397. The van der Waals surface area contributed by atoms with Crippen LogP contribution in [0.3, 0.4) is 0 Å². The van der Waals surface area contributed by atoms with Gasteiger partial charge in [0.05, 0.1) is 11.4 Å². The highest BCUT2D eigenvalue weighted by Crippen LogP contribution is 2.15. The first kappa shape index (κ1) is 19.0. The number of hydrogen-bond donors (Lipinski definition) is 4. The highest BCUT2D eigenvalue weighted by atomic mass is 19.1. The van der Waals surface area contributed by atoms with Crippen LogP contribution in [0.4, 0.5) is 38.5 Å². The molecule has 2 aromatic carbocycles. The second-order valence-electron chi connectivity index (χ2n) is 5.01. The van der Waals surface area contributed by atoms with Crippen LogP contribution in [-0.2, 0) is 0 Å². The van der Waals surface area contributed by atoms with E-state index >= 15 is 0 Å². The molecule has 0 saturated heterocycles. The van der Waals surface area contributed by atoms with E-state index in [1.807, 2.05) is 0 Å². The van der Waals surface area contributed by atoms with E-state index < -0.39 is 35.3 Å². The van der Waals surface area contributed by atoms with Gasteiger partial charge in [-0.25, -0.2) is 27.2 Å². The zero-order valence-electron chi connectivity index (χ0n) is 13.2. The first-order valence-corrected chi connectivity index (χ1v) is 7.35. The zero-order chi connectivity index (χ0) is 19.1. The normalized spacial score (nSPS) is 10.2. The van der Waals surface area contributed by atoms with Gasteiger partial charge in [-0.15, -0.1) is 0 Å². The molecule has 26 heavy (non-hydrogen) atoms. The van der Waals surface area contributed by atoms with Crippen molar-refractivity contribution < 1.29 is 27.2 Å². The number of urea groups is 2. The van der Waals surface area contributed by atoms with Gasteiger partial charge in [0.1, 0.15) is 23.3 Å². The number of nitrogens with one attached hydrogen (secondary N) is 4. The Labute approximate surface area is 145 Å². The number of hydrogen-bond acceptors (Lipinski definition) is 2. The molecule has 2 aromatic rings. The lowest BCUT2D eigenvalue weighted by Gasteiger charge is -2.10. The molecule has 0 heterocycles. The van der Waals surface area contributed by atoms with Crippen LogP contribution in [0.25, 0.3) is 0 Å². The summed E-state index contributed by atoms with van der Waals surface area (Å²) in [5.41, 5.74) is -0.414. The molecule has 10 heteroatoms. The molecule has 0 aliphatic rings. The standard InChI is InChI=1S/C16H14F4N4O2/c17-9-1-3-13(11(19)7-9)23-15(25)21-5-6-22-16(26)24-14-4-2-10(18)8-12(14)20/h1-4,7-8H,5-6H2,(H2,21,23,25)(H2,22,24,26). The second-order valence-corrected chi connectivity index (χ2v) is 5.01. The first-order valence-electron chi connectivity index (χ1n) is 7.35. The second kappa shape index (κ2) is 8.70. The van der Waals surface area contributed by atoms with Crippen molar-refractivity contribution in [3.05, 3.63) is 59.7 Å². The van der Waals surface area contributed by atoms with Crippen molar-refractivity contribution in [3.8, 4) is 0 Å². The zero-order valence-corrected chi connectivity index (χ0v) is 13.2. The third-order valence-corrected chi connectivity index (χ3v) is 3.05. The van der Waals surface area contributed by atoms with E-state index in [1.165, 1.54) is 0 Å². The van der Waals surface area contributed by atoms with Crippen LogP contribution in [0.15, 0.2) is 36.4 Å². The van der Waals surface area contributed by atoms with E-state index in [9.17, 15) is 27.2 Å². The minimum Gasteiger partial charge on any atom is -0.336 e. The predicted octanol–water partition coefficient (Wildman–Crippen LogP) is 3.19. The van der Waals surface area contributed by atoms with Gasteiger partial charge in [-0.3, -0.25) is 0 Å². The number of carbonyl (C=O) groups is 2. The van der Waals surface area contributed by atoms with Crippen molar-refractivity contribution in [3.63, 3.8) is 0 Å². The fourth-order valence-corrected chi connectivity index (χ4v) is 1.87. The molecule has 4 amide bonds. The number of anilines is 2. The molecule has 0 aromatic heterocycles. The molecule has 0 radical (unpaired) electrons. The molecule has 0 bridgehead atoms. The highest BCUT2D eigenvalue weighted by Gasteiger charge is 2.09. The van der Waals surface area contributed by atoms with Crippen molar-refractivity contribution >= 4 is 23.4 Å². The molecule has 0 atom stereocenters. The van der Waals surface area contributed by atoms with E-state index in [0.29, 0.717) is 12.1 Å². The van der Waals surface area contributed by atoms with Gasteiger partial charge in [0, 0.05) is 25.2 Å². The van der Waals surface area contributed by atoms with Gasteiger partial charge in [0.15, 0.2) is 0 Å². The van der Waals surface area contributed by atoms with E-state index in [4.69, 9.17) is 0 Å². The van der Waals surface area contributed by atoms with Crippen LogP contribution in [0.2, 0.25) is 0 Å². The lowest BCUT2D eigenvalue weighted by Crippen LogP contribution is -2.38. The largest absolute Gasteiger partial charge is 0.336 e. The monoisotopic (exact) mass is 370 g/mol. The van der Waals surface area contributed by atoms with Gasteiger partial charge in [-0.1, -0.05) is 0 Å². The summed E-state index contributed by atoms with van der Waals surface area (Å²) in [5.74, 6) is -3.42. The molecule has 0 unspecified atom stereocenters. The molecular weight excluding hydrogens is 356 g/mol. The van der Waals surface area contributed by atoms with Crippen LogP contribution >= 0.6 is 0 Å². The Morgan fingerprint density at radius 1 is 0.692 bits per heavy atom. The Morgan fingerprint density at radius 3 is 1.42 bits per heavy atom. The van der Waals surface area contributed by atoms with E-state index in [-0.39, 0.29) is 24.5 Å². The van der Waals surface area contributed by atoms with Crippen LogP contribution in [-0.4, -0.2) is 25.2 Å². The molecular formula is C16H14F4N4O2. The summed E-state index contributed by atoms with van der Waals surface area (Å²) >= 11 is 0. The molecule has 2 rings (SSSR count). The van der Waals surface area contributed by atoms with Gasteiger partial charge in [0.25, 0.3) is 0 Å². The van der Waals surface area contributed by atoms with Crippen LogP contribution in [0.1, 0.15) is 0 Å². The Balaban J connectivity index is 1.70. The van der Waals surface area contributed by atoms with Gasteiger partial charge in [0.2, 0.25) is 0 Å². The van der Waals surface area contributed by atoms with Crippen molar-refractivity contribution in [2.45, 2.75) is 0 Å². The van der Waals surface area contributed by atoms with Gasteiger partial charge in [-0.2, -0.15) is 0 Å². The fourth-order valence-electron chi connectivity index (χ4n) is 1.87. The average Bonchev–Trinajstić information content (AvgIpc) is 2.57. The average molecular weight is 370 g/mol. The maximum Gasteiger partial charge on any atom is 0.319 e. The predicted molar refractivity (Wildman–Crippen MR) is 86.8 cm³/mol. The molecule has 6 nitrogen and oxygen atoms in total. The smallest absolute Gasteiger partial charge is 0.319 e. The Hall–Kier alpha value is -3.30. The van der Waals surface area contributed by atoms with E-state index in [1.54, 1.807) is 0 Å². The summed E-state index contributed by atoms with van der Waals surface area (Å²) in [4.78, 5) is 23.1. The van der Waals surface area contributed by atoms with E-state index in [0.717, 1.165) is 24.3 Å². The lowest BCUT2D eigenvalue weighted by molar-refractivity contribution is 0.248. The maximum atomic E-state index is 13.4. The molecule has 0 fully saturated rings. The summed E-state index contributed by atoms with van der Waals surface area (Å²) in [5, 5.41) is 9.01. The number of halogens is 4. The summed E-state index contributed by atoms with van der Waals surface area (Å²) in [7, 11) is 0. The Morgan fingerprint density at radius 2 is 1.08 bits per heavy atom. The number of benzene rings is 2. The minimum absolute atomic E-state index is 0.0199. The van der Waals surface area contributed by atoms with E-state index in [2.05, 4.69) is 21.3 Å². The third-order valence-electron chi connectivity index (χ3n) is 3.05. The molecule has 138 valence electrons. The summed E-state index contributed by atoms with van der Waals surface area (Å²) < 4.78 is 52.2. The third kappa shape index (κ3) is 5.65. The van der Waals surface area contributed by atoms with Crippen LogP contribution in [0, 0.1) is 23.3 Å². The number of rotatable bonds is 5. The number of carbonyl (C=O) groups excluding carboxylic acids is 2. The summed E-state index contributed by atoms with van der Waals surface area (Å²) in [6, 6.07) is 3.81. The van der Waals surface area contributed by atoms with Crippen LogP contribution < -0.4 is 21.3 Å². The molecule has 4 N–H and O–H groups in total. The van der Waals surface area contributed by atoms with Crippen molar-refractivity contribution in [1.29, 1.82) is 0 Å². The lowest BCUT2D eigenvalue weighted by atomic mass is 10.3. The van der Waals surface area contributed by atoms with Crippen molar-refractivity contribution in [2.75, 3.05) is 23.7 Å². The summed E-state index contributed by atoms with van der Waals surface area (Å²) in [6.07, 6.45) is 0. The van der Waals surface area contributed by atoms with Crippen LogP contribution in [0.5, 0.6) is 0 Å². The van der Waals surface area contributed by atoms with Gasteiger partial charge in [-0.05, 0) is 24.3 Å². The first-order chi connectivity index (χ1) is 12.3. The topological polar surface area (TPSA) is 82.3 Å². The maximum absolute atomic E-state index is 13.4. The number of amides is 4. The van der Waals surface area contributed by atoms with Gasteiger partial charge >= 0.3 is 12.1 Å². The SMILES string of the molecule is O=C(NCCNC(=O)Nc1ccc(F)cc1F)Nc1ccc(F)cc1F.